The predicted molar refractivity (Wildman–Crippen MR) is 102 cm³/mol. The van der Waals surface area contributed by atoms with Crippen LogP contribution in [0.15, 0.2) is 18.2 Å². The quantitative estimate of drug-likeness (QED) is 0.622. The Labute approximate surface area is 165 Å². The van der Waals surface area contributed by atoms with Gasteiger partial charge >= 0.3 is 5.97 Å². The first-order valence-electron chi connectivity index (χ1n) is 8.88. The van der Waals surface area contributed by atoms with Crippen molar-refractivity contribution in [1.82, 2.24) is 9.62 Å². The number of nitrogens with one attached hydrogen (secondary N) is 1. The molecule has 0 bridgehead atoms. The molecule has 156 valence electrons. The smallest absolute Gasteiger partial charge is 0.308 e. The van der Waals surface area contributed by atoms with Crippen molar-refractivity contribution in [1.29, 1.82) is 0 Å². The molecule has 0 atom stereocenters. The molecule has 9 nitrogen and oxygen atoms in total. The van der Waals surface area contributed by atoms with Crippen LogP contribution < -0.4 is 14.8 Å². The third kappa shape index (κ3) is 5.35. The number of sulfonamides is 1. The molecule has 1 saturated heterocycles. The average molecular weight is 414 g/mol. The lowest BCUT2D eigenvalue weighted by atomic mass is 9.99. The molecule has 1 N–H and O–H groups in total. The Morgan fingerprint density at radius 2 is 1.75 bits per heavy atom. The molecule has 0 saturated carbocycles. The first kappa shape index (κ1) is 22.0. The minimum Gasteiger partial charge on any atom is -0.493 e. The Hall–Kier alpha value is -2.33. The van der Waals surface area contributed by atoms with Gasteiger partial charge in [-0.2, -0.15) is 0 Å². The van der Waals surface area contributed by atoms with Crippen LogP contribution in [0, 0.1) is 5.92 Å². The molecule has 1 fully saturated rings. The van der Waals surface area contributed by atoms with Crippen LogP contribution >= 0.6 is 0 Å². The van der Waals surface area contributed by atoms with Crippen LogP contribution in [0.5, 0.6) is 11.5 Å². The van der Waals surface area contributed by atoms with Crippen molar-refractivity contribution in [2.24, 2.45) is 5.92 Å². The number of carbonyl (C=O) groups is 2. The van der Waals surface area contributed by atoms with Gasteiger partial charge in [0.25, 0.3) is 5.91 Å². The molecule has 28 heavy (non-hydrogen) atoms. The molecule has 1 aliphatic heterocycles. The maximum atomic E-state index is 12.5. The summed E-state index contributed by atoms with van der Waals surface area (Å²) in [7, 11) is 0.771. The van der Waals surface area contributed by atoms with Crippen molar-refractivity contribution in [2.75, 3.05) is 46.7 Å². The van der Waals surface area contributed by atoms with Gasteiger partial charge in [0.1, 0.15) is 0 Å². The number of hydrogen-bond acceptors (Lipinski definition) is 7. The summed E-state index contributed by atoms with van der Waals surface area (Å²) < 4.78 is 41.3. The highest BCUT2D eigenvalue weighted by Crippen LogP contribution is 2.27. The number of benzene rings is 1. The van der Waals surface area contributed by atoms with Crippen molar-refractivity contribution in [3.8, 4) is 11.5 Å². The number of nitrogens with zero attached hydrogens (tertiary/aromatic N) is 1. The Kier molecular flexibility index (Phi) is 7.64. The van der Waals surface area contributed by atoms with E-state index in [-0.39, 0.29) is 37.3 Å². The Bertz CT molecular complexity index is 802. The van der Waals surface area contributed by atoms with Gasteiger partial charge in [-0.3, -0.25) is 9.59 Å². The van der Waals surface area contributed by atoms with Crippen molar-refractivity contribution >= 4 is 21.9 Å². The molecule has 1 aromatic carbocycles. The minimum absolute atomic E-state index is 0.0214. The van der Waals surface area contributed by atoms with Crippen molar-refractivity contribution in [3.63, 3.8) is 0 Å². The summed E-state index contributed by atoms with van der Waals surface area (Å²) in [6, 6.07) is 4.71. The van der Waals surface area contributed by atoms with Gasteiger partial charge in [-0.05, 0) is 31.0 Å². The first-order valence-corrected chi connectivity index (χ1v) is 10.5. The molecule has 1 aliphatic rings. The lowest BCUT2D eigenvalue weighted by molar-refractivity contribution is -0.146. The average Bonchev–Trinajstić information content (AvgIpc) is 2.72. The molecule has 0 aromatic heterocycles. The van der Waals surface area contributed by atoms with E-state index in [1.165, 1.54) is 31.7 Å². The number of methoxy groups -OCH3 is 3. The van der Waals surface area contributed by atoms with Crippen molar-refractivity contribution in [2.45, 2.75) is 12.8 Å². The first-order chi connectivity index (χ1) is 13.3. The molecule has 0 spiro atoms. The molecular weight excluding hydrogens is 388 g/mol. The van der Waals surface area contributed by atoms with E-state index in [1.54, 1.807) is 12.1 Å². The number of hydrogen-bond donors (Lipinski definition) is 1. The van der Waals surface area contributed by atoms with Crippen molar-refractivity contribution < 1.29 is 32.2 Å². The summed E-state index contributed by atoms with van der Waals surface area (Å²) in [5.41, 5.74) is 0.342. The van der Waals surface area contributed by atoms with Gasteiger partial charge in [-0.25, -0.2) is 12.7 Å². The zero-order valence-electron chi connectivity index (χ0n) is 16.3. The molecular formula is C18H26N2O7S. The van der Waals surface area contributed by atoms with Gasteiger partial charge in [-0.1, -0.05) is 0 Å². The van der Waals surface area contributed by atoms with Crippen LogP contribution in [0.3, 0.4) is 0 Å². The number of ether oxygens (including phenoxy) is 3. The van der Waals surface area contributed by atoms with Gasteiger partial charge in [-0.15, -0.1) is 0 Å². The third-order valence-electron chi connectivity index (χ3n) is 4.67. The fourth-order valence-corrected chi connectivity index (χ4v) is 4.42. The Morgan fingerprint density at radius 1 is 1.11 bits per heavy atom. The van der Waals surface area contributed by atoms with Crippen LogP contribution in [0.2, 0.25) is 0 Å². The van der Waals surface area contributed by atoms with E-state index in [4.69, 9.17) is 14.2 Å². The second-order valence-electron chi connectivity index (χ2n) is 6.34. The SMILES string of the molecule is COC(=O)C1CCN(S(=O)(=O)CCNC(=O)c2ccc(OC)c(OC)c2)CC1. The van der Waals surface area contributed by atoms with Crippen molar-refractivity contribution in [3.05, 3.63) is 23.8 Å². The van der Waals surface area contributed by atoms with E-state index in [9.17, 15) is 18.0 Å². The second kappa shape index (κ2) is 9.74. The topological polar surface area (TPSA) is 111 Å². The van der Waals surface area contributed by atoms with Crippen LogP contribution in [0.1, 0.15) is 23.2 Å². The monoisotopic (exact) mass is 414 g/mol. The predicted octanol–water partition coefficient (Wildman–Crippen LogP) is 0.648. The van der Waals surface area contributed by atoms with E-state index < -0.39 is 15.9 Å². The largest absolute Gasteiger partial charge is 0.493 e. The summed E-state index contributed by atoms with van der Waals surface area (Å²) in [6.45, 7) is 0.518. The van der Waals surface area contributed by atoms with Gasteiger partial charge in [0.2, 0.25) is 10.0 Å². The highest BCUT2D eigenvalue weighted by Gasteiger charge is 2.31. The molecule has 1 heterocycles. The molecule has 1 aromatic rings. The molecule has 10 heteroatoms. The van der Waals surface area contributed by atoms with Gasteiger partial charge < -0.3 is 19.5 Å². The second-order valence-corrected chi connectivity index (χ2v) is 8.43. The lowest BCUT2D eigenvalue weighted by Gasteiger charge is -2.29. The van der Waals surface area contributed by atoms with E-state index in [0.29, 0.717) is 29.9 Å². The maximum absolute atomic E-state index is 12.5. The molecule has 0 aliphatic carbocycles. The zero-order valence-corrected chi connectivity index (χ0v) is 17.1. The Morgan fingerprint density at radius 3 is 2.32 bits per heavy atom. The summed E-state index contributed by atoms with van der Waals surface area (Å²) in [5, 5.41) is 2.60. The summed E-state index contributed by atoms with van der Waals surface area (Å²) in [4.78, 5) is 23.8. The van der Waals surface area contributed by atoms with Crippen LogP contribution in [-0.2, 0) is 19.6 Å². The van der Waals surface area contributed by atoms with Crippen LogP contribution in [-0.4, -0.2) is 71.3 Å². The lowest BCUT2D eigenvalue weighted by Crippen LogP contribution is -2.43. The van der Waals surface area contributed by atoms with E-state index in [1.807, 2.05) is 0 Å². The normalized spacial score (nSPS) is 15.7. The number of amides is 1. The third-order valence-corrected chi connectivity index (χ3v) is 6.55. The Balaban J connectivity index is 1.87. The fourth-order valence-electron chi connectivity index (χ4n) is 3.04. The number of rotatable bonds is 8. The minimum atomic E-state index is -3.52. The summed E-state index contributed by atoms with van der Waals surface area (Å²) in [6.07, 6.45) is 0.869. The number of carbonyl (C=O) groups excluding carboxylic acids is 2. The molecule has 2 rings (SSSR count). The highest BCUT2D eigenvalue weighted by molar-refractivity contribution is 7.89. The molecule has 0 radical (unpaired) electrons. The van der Waals surface area contributed by atoms with E-state index >= 15 is 0 Å². The number of esters is 1. The maximum Gasteiger partial charge on any atom is 0.308 e. The van der Waals surface area contributed by atoms with E-state index in [2.05, 4.69) is 5.32 Å². The number of piperidine rings is 1. The zero-order chi connectivity index (χ0) is 20.7. The van der Waals surface area contributed by atoms with Gasteiger partial charge in [0, 0.05) is 25.2 Å². The highest BCUT2D eigenvalue weighted by atomic mass is 32.2. The van der Waals surface area contributed by atoms with Crippen LogP contribution in [0.25, 0.3) is 0 Å². The molecule has 1 amide bonds. The molecule has 0 unspecified atom stereocenters. The standard InChI is InChI=1S/C18H26N2O7S/c1-25-15-5-4-14(12-16(15)26-2)17(21)19-8-11-28(23,24)20-9-6-13(7-10-20)18(22)27-3/h4-5,12-13H,6-11H2,1-3H3,(H,19,21). The summed E-state index contributed by atoms with van der Waals surface area (Å²) in [5.74, 6) is -0.274. The summed E-state index contributed by atoms with van der Waals surface area (Å²) >= 11 is 0. The fraction of sp³-hybridized carbons (Fsp3) is 0.556. The van der Waals surface area contributed by atoms with Gasteiger partial charge in [0.05, 0.1) is 33.0 Å². The van der Waals surface area contributed by atoms with Crippen LogP contribution in [0.4, 0.5) is 0 Å². The van der Waals surface area contributed by atoms with E-state index in [0.717, 1.165) is 0 Å². The van der Waals surface area contributed by atoms with Gasteiger partial charge in [0.15, 0.2) is 11.5 Å².